The number of likely N-dealkylation sites (tertiary alicyclic amines) is 1. The van der Waals surface area contributed by atoms with E-state index in [2.05, 4.69) is 45.5 Å². The van der Waals surface area contributed by atoms with E-state index < -0.39 is 0 Å². The SMILES string of the molecule is O=C(NC1CCc2ccc(C(=O)N3CCC4(CCC(c5ccncc5)CC4)C3)cc21)c1ccccc1C1CC1. The molecule has 3 aromatic rings. The molecule has 3 fully saturated rings. The van der Waals surface area contributed by atoms with E-state index in [9.17, 15) is 9.59 Å². The van der Waals surface area contributed by atoms with Crippen LogP contribution in [0.2, 0.25) is 0 Å². The fraction of sp³-hybridized carbons (Fsp3) is 0.441. The van der Waals surface area contributed by atoms with E-state index in [1.54, 1.807) is 0 Å². The molecule has 3 aliphatic carbocycles. The zero-order valence-corrected chi connectivity index (χ0v) is 22.6. The van der Waals surface area contributed by atoms with E-state index >= 15 is 0 Å². The second kappa shape index (κ2) is 9.93. The molecule has 2 aromatic carbocycles. The van der Waals surface area contributed by atoms with Crippen LogP contribution in [-0.2, 0) is 6.42 Å². The number of pyridine rings is 1. The molecule has 7 rings (SSSR count). The van der Waals surface area contributed by atoms with E-state index in [1.807, 2.05) is 36.7 Å². The van der Waals surface area contributed by atoms with Crippen molar-refractivity contribution in [3.05, 3.63) is 100 Å². The Kier molecular flexibility index (Phi) is 6.25. The van der Waals surface area contributed by atoms with Crippen molar-refractivity contribution < 1.29 is 9.59 Å². The summed E-state index contributed by atoms with van der Waals surface area (Å²) in [6, 6.07) is 18.5. The van der Waals surface area contributed by atoms with Crippen LogP contribution in [0.25, 0.3) is 0 Å². The van der Waals surface area contributed by atoms with Crippen LogP contribution in [0, 0.1) is 5.41 Å². The molecule has 1 N–H and O–H groups in total. The molecule has 5 heteroatoms. The van der Waals surface area contributed by atoms with Gasteiger partial charge >= 0.3 is 0 Å². The van der Waals surface area contributed by atoms with E-state index in [-0.39, 0.29) is 23.3 Å². The molecule has 4 aliphatic rings. The van der Waals surface area contributed by atoms with Crippen LogP contribution in [0.3, 0.4) is 0 Å². The second-order valence-corrected chi connectivity index (χ2v) is 12.4. The first-order valence-corrected chi connectivity index (χ1v) is 14.8. The number of rotatable bonds is 5. The lowest BCUT2D eigenvalue weighted by Crippen LogP contribution is -2.34. The highest BCUT2D eigenvalue weighted by atomic mass is 16.2. The number of hydrogen-bond acceptors (Lipinski definition) is 3. The summed E-state index contributed by atoms with van der Waals surface area (Å²) in [5.74, 6) is 1.29. The zero-order valence-electron chi connectivity index (χ0n) is 22.6. The number of hydrogen-bond donors (Lipinski definition) is 1. The van der Waals surface area contributed by atoms with Crippen LogP contribution in [-0.4, -0.2) is 34.8 Å². The summed E-state index contributed by atoms with van der Waals surface area (Å²) in [6.07, 6.45) is 13.8. The van der Waals surface area contributed by atoms with Gasteiger partial charge in [-0.15, -0.1) is 0 Å². The molecule has 1 aromatic heterocycles. The Bertz CT molecular complexity index is 1390. The lowest BCUT2D eigenvalue weighted by Gasteiger charge is -2.37. The predicted molar refractivity (Wildman–Crippen MR) is 152 cm³/mol. The minimum Gasteiger partial charge on any atom is -0.345 e. The molecule has 1 saturated heterocycles. The molecule has 5 nitrogen and oxygen atoms in total. The van der Waals surface area contributed by atoms with Crippen LogP contribution in [0.4, 0.5) is 0 Å². The Balaban J connectivity index is 1.02. The number of fused-ring (bicyclic) bond motifs is 1. The van der Waals surface area contributed by atoms with Gasteiger partial charge in [0.1, 0.15) is 0 Å². The highest BCUT2D eigenvalue weighted by molar-refractivity contribution is 5.97. The Hall–Kier alpha value is -3.47. The number of benzene rings is 2. The molecule has 2 saturated carbocycles. The molecule has 0 radical (unpaired) electrons. The van der Waals surface area contributed by atoms with E-state index in [4.69, 9.17) is 0 Å². The van der Waals surface area contributed by atoms with Gasteiger partial charge in [-0.1, -0.05) is 24.3 Å². The summed E-state index contributed by atoms with van der Waals surface area (Å²) in [7, 11) is 0. The van der Waals surface area contributed by atoms with Crippen molar-refractivity contribution in [2.45, 2.75) is 75.7 Å². The molecule has 2 amide bonds. The zero-order chi connectivity index (χ0) is 26.4. The van der Waals surface area contributed by atoms with Gasteiger partial charge in [-0.2, -0.15) is 0 Å². The maximum absolute atomic E-state index is 13.7. The normalized spacial score (nSPS) is 26.0. The summed E-state index contributed by atoms with van der Waals surface area (Å²) in [6.45, 7) is 1.71. The maximum Gasteiger partial charge on any atom is 0.253 e. The van der Waals surface area contributed by atoms with Crippen molar-refractivity contribution in [3.8, 4) is 0 Å². The van der Waals surface area contributed by atoms with Crippen molar-refractivity contribution in [2.75, 3.05) is 13.1 Å². The number of carbonyl (C=O) groups excluding carboxylic acids is 2. The van der Waals surface area contributed by atoms with Gasteiger partial charge in [-0.3, -0.25) is 14.6 Å². The topological polar surface area (TPSA) is 62.3 Å². The first kappa shape index (κ1) is 24.6. The molecule has 2 heterocycles. The molecule has 39 heavy (non-hydrogen) atoms. The second-order valence-electron chi connectivity index (χ2n) is 12.4. The molecule has 0 bridgehead atoms. The highest BCUT2D eigenvalue weighted by Gasteiger charge is 2.43. The summed E-state index contributed by atoms with van der Waals surface area (Å²) >= 11 is 0. The quantitative estimate of drug-likeness (QED) is 0.415. The molecule has 1 aliphatic heterocycles. The molecule has 200 valence electrons. The Morgan fingerprint density at radius 2 is 1.64 bits per heavy atom. The van der Waals surface area contributed by atoms with Crippen molar-refractivity contribution in [2.24, 2.45) is 5.41 Å². The maximum atomic E-state index is 13.7. The van der Waals surface area contributed by atoms with Crippen LogP contribution in [0.5, 0.6) is 0 Å². The van der Waals surface area contributed by atoms with Crippen molar-refractivity contribution in [1.29, 1.82) is 0 Å². The predicted octanol–water partition coefficient (Wildman–Crippen LogP) is 6.57. The third-order valence-electron chi connectivity index (χ3n) is 9.95. The van der Waals surface area contributed by atoms with Gasteiger partial charge in [0, 0.05) is 36.6 Å². The average Bonchev–Trinajstić information content (AvgIpc) is 3.65. The fourth-order valence-corrected chi connectivity index (χ4v) is 7.47. The van der Waals surface area contributed by atoms with Gasteiger partial charge in [0.2, 0.25) is 0 Å². The molecular weight excluding hydrogens is 482 g/mol. The van der Waals surface area contributed by atoms with Crippen molar-refractivity contribution >= 4 is 11.8 Å². The first-order valence-electron chi connectivity index (χ1n) is 14.8. The van der Waals surface area contributed by atoms with Gasteiger partial charge in [0.05, 0.1) is 6.04 Å². The van der Waals surface area contributed by atoms with Crippen LogP contribution < -0.4 is 5.32 Å². The van der Waals surface area contributed by atoms with Crippen molar-refractivity contribution in [3.63, 3.8) is 0 Å². The minimum atomic E-state index is -0.0408. The summed E-state index contributed by atoms with van der Waals surface area (Å²) in [5, 5.41) is 3.31. The van der Waals surface area contributed by atoms with E-state index in [1.165, 1.54) is 55.2 Å². The van der Waals surface area contributed by atoms with Crippen LogP contribution >= 0.6 is 0 Å². The summed E-state index contributed by atoms with van der Waals surface area (Å²) in [5.41, 5.74) is 6.78. The standard InChI is InChI=1S/C34H37N3O2/c38-32(29-4-2-1-3-28(29)25-5-6-25)36-31-10-9-26-7-8-27(21-30(26)31)33(39)37-20-17-34(22-37)15-11-23(12-16-34)24-13-18-35-19-14-24/h1-4,7-8,13-14,18-19,21,23,25,31H,5-6,9-12,15-17,20,22H2,(H,36,38). The number of nitrogens with one attached hydrogen (secondary N) is 1. The fourth-order valence-electron chi connectivity index (χ4n) is 7.47. The van der Waals surface area contributed by atoms with Gasteiger partial charge in [0.25, 0.3) is 11.8 Å². The molecule has 1 atom stereocenters. The lowest BCUT2D eigenvalue weighted by molar-refractivity contribution is 0.0755. The molecular formula is C34H37N3O2. The van der Waals surface area contributed by atoms with Gasteiger partial charge in [0.15, 0.2) is 0 Å². The van der Waals surface area contributed by atoms with Gasteiger partial charge < -0.3 is 10.2 Å². The number of aryl methyl sites for hydroxylation is 1. The number of carbonyl (C=O) groups is 2. The first-order chi connectivity index (χ1) is 19.1. The lowest BCUT2D eigenvalue weighted by atomic mass is 9.68. The Morgan fingerprint density at radius 3 is 2.44 bits per heavy atom. The van der Waals surface area contributed by atoms with E-state index in [0.717, 1.165) is 49.0 Å². The smallest absolute Gasteiger partial charge is 0.253 e. The van der Waals surface area contributed by atoms with E-state index in [0.29, 0.717) is 11.8 Å². The van der Waals surface area contributed by atoms with Gasteiger partial charge in [-0.25, -0.2) is 0 Å². The average molecular weight is 520 g/mol. The number of aromatic nitrogens is 1. The highest BCUT2D eigenvalue weighted by Crippen LogP contribution is 2.48. The minimum absolute atomic E-state index is 0.0101. The monoisotopic (exact) mass is 519 g/mol. The third kappa shape index (κ3) is 4.77. The largest absolute Gasteiger partial charge is 0.345 e. The third-order valence-corrected chi connectivity index (χ3v) is 9.95. The molecule has 1 spiro atoms. The number of amides is 2. The Morgan fingerprint density at radius 1 is 0.846 bits per heavy atom. The molecule has 1 unspecified atom stereocenters. The van der Waals surface area contributed by atoms with Crippen LogP contribution in [0.15, 0.2) is 67.0 Å². The van der Waals surface area contributed by atoms with Gasteiger partial charge in [-0.05, 0) is 128 Å². The van der Waals surface area contributed by atoms with Crippen molar-refractivity contribution in [1.82, 2.24) is 15.2 Å². The summed E-state index contributed by atoms with van der Waals surface area (Å²) < 4.78 is 0. The van der Waals surface area contributed by atoms with Crippen LogP contribution in [0.1, 0.15) is 112 Å². The Labute approximate surface area is 231 Å². The summed E-state index contributed by atoms with van der Waals surface area (Å²) in [4.78, 5) is 33.2. The number of nitrogens with zero attached hydrogens (tertiary/aromatic N) is 2.